The average Bonchev–Trinajstić information content (AvgIpc) is 3.16. The predicted molar refractivity (Wildman–Crippen MR) is 164 cm³/mol. The zero-order chi connectivity index (χ0) is 29.4. The standard InChI is InChI=1S/C30H38ClN7O3/c1-29(2,40)18-37-11-13-38(14-12-37)20-9-10-22(24(15-20)41-5)35-28-33-17-21(31)26(36-28)32-16-19-7-6-8-23-25(19)30(3,4)27(39)34-23/h6-10,15,17,40H,11-14,16,18H2,1-5H3,(H,34,39)(H2,32,33,35,36). The minimum absolute atomic E-state index is 0.0144. The highest BCUT2D eigenvalue weighted by Crippen LogP contribution is 2.40. The van der Waals surface area contributed by atoms with E-state index in [1.54, 1.807) is 13.3 Å². The summed E-state index contributed by atoms with van der Waals surface area (Å²) in [5, 5.41) is 20.1. The summed E-state index contributed by atoms with van der Waals surface area (Å²) in [4.78, 5) is 26.1. The Balaban J connectivity index is 1.27. The average molecular weight is 580 g/mol. The number of aromatic nitrogens is 2. The van der Waals surface area contributed by atoms with Gasteiger partial charge >= 0.3 is 0 Å². The number of halogens is 1. The van der Waals surface area contributed by atoms with Gasteiger partial charge in [0, 0.05) is 56.7 Å². The maximum absolute atomic E-state index is 12.5. The van der Waals surface area contributed by atoms with Crippen molar-refractivity contribution in [1.29, 1.82) is 0 Å². The van der Waals surface area contributed by atoms with Crippen LogP contribution in [-0.2, 0) is 16.8 Å². The third-order valence-electron chi connectivity index (χ3n) is 7.56. The van der Waals surface area contributed by atoms with Gasteiger partial charge in [-0.1, -0.05) is 23.7 Å². The van der Waals surface area contributed by atoms with Crippen molar-refractivity contribution >= 4 is 46.3 Å². The van der Waals surface area contributed by atoms with E-state index < -0.39 is 11.0 Å². The van der Waals surface area contributed by atoms with Crippen LogP contribution >= 0.6 is 11.6 Å². The largest absolute Gasteiger partial charge is 0.494 e. The summed E-state index contributed by atoms with van der Waals surface area (Å²) in [6, 6.07) is 11.9. The molecule has 0 bridgehead atoms. The highest BCUT2D eigenvalue weighted by molar-refractivity contribution is 6.32. The number of fused-ring (bicyclic) bond motifs is 1. The molecule has 0 spiro atoms. The van der Waals surface area contributed by atoms with Crippen LogP contribution in [0.15, 0.2) is 42.6 Å². The summed E-state index contributed by atoms with van der Waals surface area (Å²) in [7, 11) is 1.64. The molecule has 4 N–H and O–H groups in total. The van der Waals surface area contributed by atoms with Gasteiger partial charge in [0.15, 0.2) is 5.82 Å². The Labute approximate surface area is 246 Å². The lowest BCUT2D eigenvalue weighted by molar-refractivity contribution is -0.119. The Kier molecular flexibility index (Phi) is 8.00. The summed E-state index contributed by atoms with van der Waals surface area (Å²) in [5.41, 5.74) is 3.29. The lowest BCUT2D eigenvalue weighted by Crippen LogP contribution is -2.50. The van der Waals surface area contributed by atoms with Gasteiger partial charge in [0.05, 0.1) is 30.0 Å². The number of ether oxygens (including phenoxy) is 1. The zero-order valence-corrected chi connectivity index (χ0v) is 25.0. The Morgan fingerprint density at radius 2 is 1.93 bits per heavy atom. The van der Waals surface area contributed by atoms with Crippen LogP contribution in [0.5, 0.6) is 5.75 Å². The third kappa shape index (κ3) is 6.34. The summed E-state index contributed by atoms with van der Waals surface area (Å²) in [6.45, 7) is 12.1. The van der Waals surface area contributed by atoms with Crippen molar-refractivity contribution in [1.82, 2.24) is 14.9 Å². The van der Waals surface area contributed by atoms with Crippen LogP contribution in [0.4, 0.5) is 28.8 Å². The molecular weight excluding hydrogens is 542 g/mol. The molecule has 3 heterocycles. The quantitative estimate of drug-likeness (QED) is 0.288. The molecule has 1 fully saturated rings. The van der Waals surface area contributed by atoms with Gasteiger partial charge in [-0.2, -0.15) is 4.98 Å². The van der Waals surface area contributed by atoms with Gasteiger partial charge in [-0.15, -0.1) is 0 Å². The number of aliphatic hydroxyl groups is 1. The Bertz CT molecular complexity index is 1430. The smallest absolute Gasteiger partial charge is 0.234 e. The SMILES string of the molecule is COc1cc(N2CCN(CC(C)(C)O)CC2)ccc1Nc1ncc(Cl)c(NCc2cccc3c2C(C)(C)C(=O)N3)n1. The van der Waals surface area contributed by atoms with Gasteiger partial charge in [-0.05, 0) is 57.0 Å². The van der Waals surface area contributed by atoms with Crippen molar-refractivity contribution in [2.45, 2.75) is 45.3 Å². The number of carbonyl (C=O) groups excluding carboxylic acids is 1. The molecule has 10 nitrogen and oxygen atoms in total. The topological polar surface area (TPSA) is 115 Å². The number of anilines is 5. The Morgan fingerprint density at radius 3 is 2.63 bits per heavy atom. The number of hydrogen-bond acceptors (Lipinski definition) is 9. The first-order valence-electron chi connectivity index (χ1n) is 13.8. The molecule has 41 heavy (non-hydrogen) atoms. The normalized spacial score (nSPS) is 16.8. The predicted octanol–water partition coefficient (Wildman–Crippen LogP) is 4.62. The molecule has 2 aromatic carbocycles. The summed E-state index contributed by atoms with van der Waals surface area (Å²) in [6.07, 6.45) is 1.55. The number of methoxy groups -OCH3 is 1. The van der Waals surface area contributed by atoms with E-state index in [4.69, 9.17) is 16.3 Å². The highest BCUT2D eigenvalue weighted by atomic mass is 35.5. The first-order chi connectivity index (χ1) is 19.4. The van der Waals surface area contributed by atoms with E-state index in [9.17, 15) is 9.90 Å². The zero-order valence-electron chi connectivity index (χ0n) is 24.2. The van der Waals surface area contributed by atoms with E-state index in [-0.39, 0.29) is 5.91 Å². The molecule has 1 aromatic heterocycles. The molecule has 1 amide bonds. The molecule has 218 valence electrons. The molecule has 2 aliphatic heterocycles. The number of benzene rings is 2. The van der Waals surface area contributed by atoms with Gasteiger partial charge in [-0.3, -0.25) is 9.69 Å². The molecule has 2 aliphatic rings. The minimum atomic E-state index is -0.700. The number of amides is 1. The van der Waals surface area contributed by atoms with E-state index >= 15 is 0 Å². The maximum atomic E-state index is 12.5. The van der Waals surface area contributed by atoms with E-state index in [0.717, 1.165) is 54.4 Å². The van der Waals surface area contributed by atoms with E-state index in [0.29, 0.717) is 35.6 Å². The van der Waals surface area contributed by atoms with Crippen molar-refractivity contribution in [2.75, 3.05) is 60.7 Å². The van der Waals surface area contributed by atoms with Crippen molar-refractivity contribution in [3.05, 3.63) is 58.7 Å². The van der Waals surface area contributed by atoms with E-state index in [1.165, 1.54) is 0 Å². The lowest BCUT2D eigenvalue weighted by atomic mass is 9.83. The van der Waals surface area contributed by atoms with Gasteiger partial charge in [0.25, 0.3) is 0 Å². The number of nitrogens with zero attached hydrogens (tertiary/aromatic N) is 4. The molecule has 1 saturated heterocycles. The fraction of sp³-hybridized carbons (Fsp3) is 0.433. The molecule has 0 unspecified atom stereocenters. The van der Waals surface area contributed by atoms with Crippen LogP contribution < -0.4 is 25.6 Å². The molecule has 11 heteroatoms. The fourth-order valence-electron chi connectivity index (χ4n) is 5.52. The number of carbonyl (C=O) groups is 1. The number of nitrogens with one attached hydrogen (secondary N) is 3. The van der Waals surface area contributed by atoms with E-state index in [1.807, 2.05) is 58.0 Å². The number of rotatable bonds is 9. The fourth-order valence-corrected chi connectivity index (χ4v) is 5.68. The van der Waals surface area contributed by atoms with Crippen molar-refractivity contribution in [3.63, 3.8) is 0 Å². The molecule has 0 saturated carbocycles. The Hall–Kier alpha value is -3.60. The van der Waals surface area contributed by atoms with Gasteiger partial charge in [0.1, 0.15) is 10.8 Å². The van der Waals surface area contributed by atoms with E-state index in [2.05, 4.69) is 41.8 Å². The van der Waals surface area contributed by atoms with Crippen LogP contribution in [-0.4, -0.2) is 71.3 Å². The van der Waals surface area contributed by atoms with Gasteiger partial charge in [-0.25, -0.2) is 4.98 Å². The van der Waals surface area contributed by atoms with Crippen molar-refractivity contribution in [3.8, 4) is 5.75 Å². The van der Waals surface area contributed by atoms with Gasteiger partial charge < -0.3 is 30.7 Å². The highest BCUT2D eigenvalue weighted by Gasteiger charge is 2.39. The lowest BCUT2D eigenvalue weighted by Gasteiger charge is -2.38. The summed E-state index contributed by atoms with van der Waals surface area (Å²) < 4.78 is 5.70. The molecule has 0 radical (unpaired) electrons. The molecular formula is C30H38ClN7O3. The molecule has 3 aromatic rings. The summed E-state index contributed by atoms with van der Waals surface area (Å²) in [5.74, 6) is 1.52. The van der Waals surface area contributed by atoms with Crippen LogP contribution in [0.1, 0.15) is 38.8 Å². The van der Waals surface area contributed by atoms with Crippen molar-refractivity contribution in [2.24, 2.45) is 0 Å². The number of hydrogen-bond donors (Lipinski definition) is 4. The van der Waals surface area contributed by atoms with Crippen LogP contribution in [0, 0.1) is 0 Å². The second kappa shape index (κ2) is 11.3. The van der Waals surface area contributed by atoms with Gasteiger partial charge in [0.2, 0.25) is 11.9 Å². The second-order valence-corrected chi connectivity index (χ2v) is 12.2. The minimum Gasteiger partial charge on any atom is -0.494 e. The molecule has 0 aliphatic carbocycles. The number of β-amino-alcohol motifs (C(OH)–C–C–N with tert-alkyl or cyclic N) is 1. The first-order valence-corrected chi connectivity index (χ1v) is 14.2. The number of piperazine rings is 1. The second-order valence-electron chi connectivity index (χ2n) is 11.7. The monoisotopic (exact) mass is 579 g/mol. The molecule has 5 rings (SSSR count). The van der Waals surface area contributed by atoms with Crippen LogP contribution in [0.25, 0.3) is 0 Å². The molecule has 0 atom stereocenters. The first kappa shape index (κ1) is 28.9. The third-order valence-corrected chi connectivity index (χ3v) is 7.84. The van der Waals surface area contributed by atoms with Crippen molar-refractivity contribution < 1.29 is 14.6 Å². The summed E-state index contributed by atoms with van der Waals surface area (Å²) >= 11 is 6.44. The maximum Gasteiger partial charge on any atom is 0.234 e. The Morgan fingerprint density at radius 1 is 1.17 bits per heavy atom. The van der Waals surface area contributed by atoms with Crippen LogP contribution in [0.2, 0.25) is 5.02 Å². The van der Waals surface area contributed by atoms with Crippen LogP contribution in [0.3, 0.4) is 0 Å².